The topological polar surface area (TPSA) is 72.9 Å². The molecule has 0 bridgehead atoms. The van der Waals surface area contributed by atoms with Crippen LogP contribution < -0.4 is 0 Å². The van der Waals surface area contributed by atoms with Gasteiger partial charge < -0.3 is 14.4 Å². The minimum absolute atomic E-state index is 0.0353. The molecule has 0 radical (unpaired) electrons. The van der Waals surface area contributed by atoms with Gasteiger partial charge >= 0.3 is 24.0 Å². The van der Waals surface area contributed by atoms with Crippen molar-refractivity contribution >= 4 is 17.8 Å². The first kappa shape index (κ1) is 43.2. The van der Waals surface area contributed by atoms with Gasteiger partial charge in [-0.05, 0) is 25.7 Å². The van der Waals surface area contributed by atoms with Crippen LogP contribution in [0.1, 0.15) is 181 Å². The second-order valence-corrected chi connectivity index (χ2v) is 12.5. The second kappa shape index (κ2) is 30.8. The van der Waals surface area contributed by atoms with Gasteiger partial charge in [-0.2, -0.15) is 13.2 Å². The number of esters is 2. The number of carbonyl (C=O) groups excluding carboxylic acids is 3. The molecule has 0 atom stereocenters. The molecule has 0 aromatic heterocycles. The van der Waals surface area contributed by atoms with Crippen LogP contribution in [0, 0.1) is 0 Å². The van der Waals surface area contributed by atoms with Crippen LogP contribution in [0.5, 0.6) is 0 Å². The van der Waals surface area contributed by atoms with E-state index in [-0.39, 0.29) is 51.1 Å². The number of unbranched alkanes of at least 4 members (excludes halogenated alkanes) is 20. The molecule has 0 heterocycles. The van der Waals surface area contributed by atoms with Gasteiger partial charge in [0.2, 0.25) is 0 Å². The summed E-state index contributed by atoms with van der Waals surface area (Å²) in [5.74, 6) is -2.64. The van der Waals surface area contributed by atoms with Crippen LogP contribution in [0.3, 0.4) is 0 Å². The Labute approximate surface area is 272 Å². The number of rotatable bonds is 32. The molecule has 0 saturated heterocycles. The van der Waals surface area contributed by atoms with E-state index in [0.717, 1.165) is 38.5 Å². The fourth-order valence-corrected chi connectivity index (χ4v) is 5.39. The van der Waals surface area contributed by atoms with E-state index in [4.69, 9.17) is 9.47 Å². The predicted molar refractivity (Wildman–Crippen MR) is 176 cm³/mol. The SMILES string of the molecule is CCCCCCCCCCCCCC(=O)OCCCN(CCCOC(=O)CCCCCCCCCCCCC)C(=O)C(F)(F)F. The summed E-state index contributed by atoms with van der Waals surface area (Å²) < 4.78 is 49.6. The molecule has 0 spiro atoms. The summed E-state index contributed by atoms with van der Waals surface area (Å²) in [5.41, 5.74) is 0. The Morgan fingerprint density at radius 2 is 0.756 bits per heavy atom. The fraction of sp³-hybridized carbons (Fsp3) is 0.917. The molecule has 266 valence electrons. The second-order valence-electron chi connectivity index (χ2n) is 12.5. The zero-order chi connectivity index (χ0) is 33.4. The molecule has 0 unspecified atom stereocenters. The van der Waals surface area contributed by atoms with Gasteiger partial charge in [0.05, 0.1) is 13.2 Å². The molecule has 6 nitrogen and oxygen atoms in total. The van der Waals surface area contributed by atoms with E-state index < -0.39 is 12.1 Å². The molecular weight excluding hydrogens is 583 g/mol. The first-order valence-electron chi connectivity index (χ1n) is 18.4. The fourth-order valence-electron chi connectivity index (χ4n) is 5.39. The van der Waals surface area contributed by atoms with Crippen LogP contribution in [-0.4, -0.2) is 55.2 Å². The van der Waals surface area contributed by atoms with E-state index >= 15 is 0 Å². The van der Waals surface area contributed by atoms with Crippen molar-refractivity contribution in [3.05, 3.63) is 0 Å². The molecule has 0 rings (SSSR count). The first-order valence-corrected chi connectivity index (χ1v) is 18.4. The van der Waals surface area contributed by atoms with Gasteiger partial charge in [-0.1, -0.05) is 142 Å². The van der Waals surface area contributed by atoms with Gasteiger partial charge in [-0.15, -0.1) is 0 Å². The quantitative estimate of drug-likeness (QED) is 0.0535. The van der Waals surface area contributed by atoms with E-state index in [0.29, 0.717) is 17.7 Å². The van der Waals surface area contributed by atoms with Gasteiger partial charge in [0.25, 0.3) is 0 Å². The zero-order valence-electron chi connectivity index (χ0n) is 28.8. The lowest BCUT2D eigenvalue weighted by Gasteiger charge is -2.23. The molecule has 0 aromatic carbocycles. The Balaban J connectivity index is 3.95. The Bertz CT molecular complexity index is 671. The summed E-state index contributed by atoms with van der Waals surface area (Å²) in [6.45, 7) is 4.00. The first-order chi connectivity index (χ1) is 21.7. The highest BCUT2D eigenvalue weighted by Crippen LogP contribution is 2.19. The molecule has 0 aliphatic carbocycles. The minimum atomic E-state index is -4.99. The average molecular weight is 650 g/mol. The van der Waals surface area contributed by atoms with Gasteiger partial charge in [-0.3, -0.25) is 14.4 Å². The van der Waals surface area contributed by atoms with Crippen molar-refractivity contribution in [3.8, 4) is 0 Å². The highest BCUT2D eigenvalue weighted by Gasteiger charge is 2.42. The van der Waals surface area contributed by atoms with Gasteiger partial charge in [0, 0.05) is 25.9 Å². The van der Waals surface area contributed by atoms with E-state index in [9.17, 15) is 27.6 Å². The van der Waals surface area contributed by atoms with Gasteiger partial charge in [-0.25, -0.2) is 0 Å². The zero-order valence-corrected chi connectivity index (χ0v) is 28.8. The van der Waals surface area contributed by atoms with Crippen molar-refractivity contribution in [2.45, 2.75) is 187 Å². The highest BCUT2D eigenvalue weighted by atomic mass is 19.4. The molecule has 0 aromatic rings. The molecule has 0 N–H and O–H groups in total. The third-order valence-corrected chi connectivity index (χ3v) is 8.17. The number of amides is 1. The maximum absolute atomic E-state index is 13.1. The lowest BCUT2D eigenvalue weighted by Crippen LogP contribution is -2.42. The third kappa shape index (κ3) is 29.4. The summed E-state index contributed by atoms with van der Waals surface area (Å²) in [5, 5.41) is 0. The number of alkyl halides is 3. The molecule has 1 amide bonds. The van der Waals surface area contributed by atoms with E-state index in [1.165, 1.54) is 103 Å². The van der Waals surface area contributed by atoms with Crippen molar-refractivity contribution in [3.63, 3.8) is 0 Å². The molecular formula is C36H66F3NO5. The molecule has 0 aliphatic heterocycles. The minimum Gasteiger partial charge on any atom is -0.466 e. The van der Waals surface area contributed by atoms with Crippen LogP contribution in [0.2, 0.25) is 0 Å². The smallest absolute Gasteiger partial charge is 0.466 e. The maximum atomic E-state index is 13.1. The number of halogens is 3. The monoisotopic (exact) mass is 649 g/mol. The Morgan fingerprint density at radius 1 is 0.467 bits per heavy atom. The van der Waals surface area contributed by atoms with E-state index in [1.54, 1.807) is 0 Å². The lowest BCUT2D eigenvalue weighted by atomic mass is 10.1. The number of ether oxygens (including phenoxy) is 2. The van der Waals surface area contributed by atoms with Crippen LogP contribution in [0.25, 0.3) is 0 Å². The van der Waals surface area contributed by atoms with Crippen LogP contribution in [0.4, 0.5) is 13.2 Å². The van der Waals surface area contributed by atoms with Gasteiger partial charge in [0.1, 0.15) is 0 Å². The lowest BCUT2D eigenvalue weighted by molar-refractivity contribution is -0.185. The summed E-state index contributed by atoms with van der Waals surface area (Å²) in [6, 6.07) is 0. The highest BCUT2D eigenvalue weighted by molar-refractivity contribution is 5.81. The molecule has 0 aliphatic rings. The number of nitrogens with zero attached hydrogens (tertiary/aromatic N) is 1. The summed E-state index contributed by atoms with van der Waals surface area (Å²) in [4.78, 5) is 36.5. The van der Waals surface area contributed by atoms with Crippen molar-refractivity contribution in [2.75, 3.05) is 26.3 Å². The third-order valence-electron chi connectivity index (χ3n) is 8.17. The normalized spacial score (nSPS) is 11.5. The number of hydrogen-bond donors (Lipinski definition) is 0. The standard InChI is InChI=1S/C36H66F3NO5/c1-3-5-7-9-11-13-15-17-19-21-23-27-33(41)44-31-25-29-40(35(43)36(37,38)39)30-26-32-45-34(42)28-24-22-20-18-16-14-12-10-8-6-4-2/h3-32H2,1-2H3. The molecule has 0 fully saturated rings. The summed E-state index contributed by atoms with van der Waals surface area (Å²) in [6.07, 6.45) is 21.8. The molecule has 9 heteroatoms. The van der Waals surface area contributed by atoms with Crippen LogP contribution in [0.15, 0.2) is 0 Å². The summed E-state index contributed by atoms with van der Waals surface area (Å²) >= 11 is 0. The van der Waals surface area contributed by atoms with Gasteiger partial charge in [0.15, 0.2) is 0 Å². The largest absolute Gasteiger partial charge is 0.471 e. The van der Waals surface area contributed by atoms with Crippen LogP contribution >= 0.6 is 0 Å². The van der Waals surface area contributed by atoms with E-state index in [2.05, 4.69) is 13.8 Å². The average Bonchev–Trinajstić information content (AvgIpc) is 3.00. The van der Waals surface area contributed by atoms with Crippen molar-refractivity contribution < 1.29 is 37.0 Å². The van der Waals surface area contributed by atoms with Crippen molar-refractivity contribution in [2.24, 2.45) is 0 Å². The maximum Gasteiger partial charge on any atom is 0.471 e. The molecule has 45 heavy (non-hydrogen) atoms. The number of hydrogen-bond acceptors (Lipinski definition) is 5. The Kier molecular flexibility index (Phi) is 29.6. The van der Waals surface area contributed by atoms with Crippen molar-refractivity contribution in [1.82, 2.24) is 4.90 Å². The van der Waals surface area contributed by atoms with Crippen LogP contribution in [-0.2, 0) is 23.9 Å². The molecule has 0 saturated carbocycles. The van der Waals surface area contributed by atoms with Crippen molar-refractivity contribution in [1.29, 1.82) is 0 Å². The summed E-state index contributed by atoms with van der Waals surface area (Å²) in [7, 11) is 0. The number of carbonyl (C=O) groups is 3. The predicted octanol–water partition coefficient (Wildman–Crippen LogP) is 10.6. The Hall–Kier alpha value is -1.80. The van der Waals surface area contributed by atoms with E-state index in [1.807, 2.05) is 0 Å². The Morgan fingerprint density at radius 3 is 1.04 bits per heavy atom.